The summed E-state index contributed by atoms with van der Waals surface area (Å²) in [7, 11) is 0. The fraction of sp³-hybridized carbons (Fsp3) is 0.317. The molecule has 1 saturated heterocycles. The van der Waals surface area contributed by atoms with E-state index >= 15 is 0 Å². The largest absolute Gasteiger partial charge is 0.378 e. The second-order valence-corrected chi connectivity index (χ2v) is 15.8. The first-order chi connectivity index (χ1) is 28.1. The summed E-state index contributed by atoms with van der Waals surface area (Å²) in [5, 5.41) is 23.3. The van der Waals surface area contributed by atoms with Gasteiger partial charge in [0, 0.05) is 64.1 Å². The van der Waals surface area contributed by atoms with Crippen molar-refractivity contribution in [1.82, 2.24) is 45.6 Å². The minimum absolute atomic E-state index is 0.0611. The van der Waals surface area contributed by atoms with Crippen molar-refractivity contribution >= 4 is 74.3 Å². The van der Waals surface area contributed by atoms with Crippen molar-refractivity contribution in [2.24, 2.45) is 4.99 Å². The lowest BCUT2D eigenvalue weighted by molar-refractivity contribution is -0.135. The van der Waals surface area contributed by atoms with Crippen LogP contribution in [0.2, 0.25) is 5.02 Å². The molecular formula is C41H41ClN10O5S. The maximum absolute atomic E-state index is 13.3. The summed E-state index contributed by atoms with van der Waals surface area (Å²) in [6, 6.07) is 15.5. The van der Waals surface area contributed by atoms with Gasteiger partial charge in [0.15, 0.2) is 5.82 Å². The van der Waals surface area contributed by atoms with Crippen LogP contribution < -0.4 is 21.3 Å². The third kappa shape index (κ3) is 7.57. The van der Waals surface area contributed by atoms with Crippen molar-refractivity contribution < 1.29 is 23.9 Å². The summed E-state index contributed by atoms with van der Waals surface area (Å²) in [5.74, 6) is 0.478. The number of fused-ring (bicyclic) bond motifs is 6. The Morgan fingerprint density at radius 3 is 2.57 bits per heavy atom. The number of carbonyl (C=O) groups is 4. The zero-order valence-electron chi connectivity index (χ0n) is 32.1. The van der Waals surface area contributed by atoms with E-state index in [1.807, 2.05) is 70.7 Å². The number of benzene rings is 2. The van der Waals surface area contributed by atoms with E-state index in [9.17, 15) is 19.2 Å². The number of aliphatic imine (C=N–C) groups is 1. The van der Waals surface area contributed by atoms with Gasteiger partial charge in [-0.1, -0.05) is 35.9 Å². The molecule has 17 heteroatoms. The normalized spacial score (nSPS) is 16.4. The Morgan fingerprint density at radius 1 is 0.983 bits per heavy atom. The topological polar surface area (TPSA) is 187 Å². The molecule has 6 aromatic rings. The second kappa shape index (κ2) is 16.5. The molecule has 298 valence electrons. The third-order valence-corrected chi connectivity index (χ3v) is 11.9. The first-order valence-corrected chi connectivity index (χ1v) is 20.2. The van der Waals surface area contributed by atoms with Crippen LogP contribution >= 0.6 is 22.9 Å². The Morgan fingerprint density at radius 2 is 1.78 bits per heavy atom. The van der Waals surface area contributed by atoms with Crippen molar-refractivity contribution in [3.8, 4) is 5.00 Å². The minimum Gasteiger partial charge on any atom is -0.378 e. The zero-order valence-corrected chi connectivity index (χ0v) is 33.7. The summed E-state index contributed by atoms with van der Waals surface area (Å²) < 4.78 is 9.60. The molecule has 2 atom stereocenters. The third-order valence-electron chi connectivity index (χ3n) is 10.5. The van der Waals surface area contributed by atoms with Crippen molar-refractivity contribution in [2.75, 3.05) is 26.3 Å². The Bertz CT molecular complexity index is 2610. The van der Waals surface area contributed by atoms with Crippen LogP contribution in [0.4, 0.5) is 4.79 Å². The van der Waals surface area contributed by atoms with Gasteiger partial charge in [-0.2, -0.15) is 0 Å². The number of nitrogens with zero attached hydrogens (tertiary/aromatic N) is 6. The highest BCUT2D eigenvalue weighted by Crippen LogP contribution is 2.40. The Labute approximate surface area is 342 Å². The standard InChI is InChI=1S/C41H41ClN10O5S/c1-22-23(2)58-40-34(22)36(25-9-11-27(42)12-10-25)47-29(38-50-49-24(3)51(38)40)20-33(54)43-16-18-57-19-17-45-41(56)46-21-26-6-4-8-30-35(26)28-7-5-15-44-37(28)52(30)31-13-14-32(53)48-39(31)55/h4-12,15,29,31H,13-14,16-21H2,1-3H3,(H,43,54)(H2,45,46,56)(H,48,53,55)/t29-,31?/m0/s1. The van der Waals surface area contributed by atoms with E-state index in [0.29, 0.717) is 22.9 Å². The van der Waals surface area contributed by atoms with Gasteiger partial charge in [0.05, 0.1) is 30.9 Å². The Balaban J connectivity index is 0.835. The average Bonchev–Trinajstić information content (AvgIpc) is 3.82. The van der Waals surface area contributed by atoms with Gasteiger partial charge in [-0.15, -0.1) is 21.5 Å². The summed E-state index contributed by atoms with van der Waals surface area (Å²) in [6.07, 6.45) is 2.36. The highest BCUT2D eigenvalue weighted by molar-refractivity contribution is 7.15. The van der Waals surface area contributed by atoms with Crippen LogP contribution in [0.3, 0.4) is 0 Å². The van der Waals surface area contributed by atoms with Crippen molar-refractivity contribution in [1.29, 1.82) is 0 Å². The first-order valence-electron chi connectivity index (χ1n) is 19.0. The molecule has 2 aliphatic rings. The van der Waals surface area contributed by atoms with E-state index in [0.717, 1.165) is 55.1 Å². The van der Waals surface area contributed by atoms with E-state index in [4.69, 9.17) is 21.3 Å². The van der Waals surface area contributed by atoms with Crippen LogP contribution in [0.1, 0.15) is 70.1 Å². The van der Waals surface area contributed by atoms with Gasteiger partial charge >= 0.3 is 6.03 Å². The summed E-state index contributed by atoms with van der Waals surface area (Å²) in [4.78, 5) is 61.6. The van der Waals surface area contributed by atoms with Crippen LogP contribution in [0.25, 0.3) is 26.9 Å². The number of thiophene rings is 1. The number of ether oxygens (including phenoxy) is 1. The highest BCUT2D eigenvalue weighted by Gasteiger charge is 2.33. The Hall–Kier alpha value is -5.97. The molecule has 0 aliphatic carbocycles. The lowest BCUT2D eigenvalue weighted by Crippen LogP contribution is -2.41. The molecule has 6 heterocycles. The number of hydrogen-bond donors (Lipinski definition) is 4. The molecule has 0 radical (unpaired) electrons. The molecule has 4 aromatic heterocycles. The number of hydrogen-bond acceptors (Lipinski definition) is 10. The average molecular weight is 821 g/mol. The lowest BCUT2D eigenvalue weighted by Gasteiger charge is -2.23. The van der Waals surface area contributed by atoms with Gasteiger partial charge in [-0.25, -0.2) is 9.78 Å². The van der Waals surface area contributed by atoms with Gasteiger partial charge in [0.25, 0.3) is 0 Å². The van der Waals surface area contributed by atoms with E-state index in [2.05, 4.69) is 50.3 Å². The van der Waals surface area contributed by atoms with Gasteiger partial charge in [-0.3, -0.25) is 29.3 Å². The monoisotopic (exact) mass is 820 g/mol. The molecule has 0 saturated carbocycles. The number of aryl methyl sites for hydroxylation is 2. The van der Waals surface area contributed by atoms with Gasteiger partial charge < -0.3 is 25.3 Å². The minimum atomic E-state index is -0.581. The quantitative estimate of drug-likeness (QED) is 0.0946. The molecule has 2 aliphatic heterocycles. The number of carbonyl (C=O) groups excluding carboxylic acids is 4. The van der Waals surface area contributed by atoms with E-state index in [1.54, 1.807) is 17.5 Å². The molecule has 0 bridgehead atoms. The number of imide groups is 1. The van der Waals surface area contributed by atoms with Crippen LogP contribution in [-0.4, -0.2) is 80.1 Å². The highest BCUT2D eigenvalue weighted by atomic mass is 35.5. The Kier molecular flexibility index (Phi) is 11.0. The van der Waals surface area contributed by atoms with E-state index in [1.165, 1.54) is 4.88 Å². The lowest BCUT2D eigenvalue weighted by atomic mass is 9.99. The number of halogens is 1. The SMILES string of the molecule is Cc1sc2c(c1C)C(c1ccc(Cl)cc1)=N[C@@H](CC(=O)NCCOCCNC(=O)NCc1cccc3c1c1cccnc1n3C1CCC(=O)NC1=O)c1nnc(C)n1-2. The number of urea groups is 1. The molecule has 2 aromatic carbocycles. The number of rotatable bonds is 12. The molecule has 4 N–H and O–H groups in total. The smallest absolute Gasteiger partial charge is 0.315 e. The maximum Gasteiger partial charge on any atom is 0.315 e. The zero-order chi connectivity index (χ0) is 40.5. The molecule has 0 spiro atoms. The van der Waals surface area contributed by atoms with Crippen LogP contribution in [0.15, 0.2) is 65.8 Å². The summed E-state index contributed by atoms with van der Waals surface area (Å²) in [5.41, 5.74) is 6.09. The first kappa shape index (κ1) is 38.9. The number of pyridine rings is 1. The van der Waals surface area contributed by atoms with Crippen LogP contribution in [0, 0.1) is 20.8 Å². The van der Waals surface area contributed by atoms with Gasteiger partial charge in [0.2, 0.25) is 17.7 Å². The molecule has 8 rings (SSSR count). The number of piperidine rings is 1. The van der Waals surface area contributed by atoms with Crippen LogP contribution in [-0.2, 0) is 25.7 Å². The van der Waals surface area contributed by atoms with E-state index < -0.39 is 12.1 Å². The van der Waals surface area contributed by atoms with E-state index in [-0.39, 0.29) is 69.4 Å². The molecule has 1 fully saturated rings. The molecule has 5 amide bonds. The maximum atomic E-state index is 13.3. The van der Waals surface area contributed by atoms with Gasteiger partial charge in [-0.05, 0) is 68.7 Å². The fourth-order valence-electron chi connectivity index (χ4n) is 7.61. The van der Waals surface area contributed by atoms with Gasteiger partial charge in [0.1, 0.15) is 28.6 Å². The fourth-order valence-corrected chi connectivity index (χ4v) is 8.95. The van der Waals surface area contributed by atoms with Crippen molar-refractivity contribution in [2.45, 2.75) is 58.7 Å². The molecular weight excluding hydrogens is 780 g/mol. The molecule has 1 unspecified atom stereocenters. The molecule has 58 heavy (non-hydrogen) atoms. The van der Waals surface area contributed by atoms with Crippen molar-refractivity contribution in [3.63, 3.8) is 0 Å². The molecule has 15 nitrogen and oxygen atoms in total. The predicted molar refractivity (Wildman–Crippen MR) is 221 cm³/mol. The van der Waals surface area contributed by atoms with Crippen molar-refractivity contribution in [3.05, 3.63) is 105 Å². The summed E-state index contributed by atoms with van der Waals surface area (Å²) in [6.45, 7) is 7.31. The van der Waals surface area contributed by atoms with Crippen LogP contribution in [0.5, 0.6) is 0 Å². The number of amides is 5. The predicted octanol–water partition coefficient (Wildman–Crippen LogP) is 5.30. The number of nitrogens with one attached hydrogen (secondary N) is 4. The summed E-state index contributed by atoms with van der Waals surface area (Å²) >= 11 is 7.88. The second-order valence-electron chi connectivity index (χ2n) is 14.2. The number of aromatic nitrogens is 5.